The van der Waals surface area contributed by atoms with E-state index in [0.717, 1.165) is 11.1 Å². The zero-order valence-corrected chi connectivity index (χ0v) is 11.7. The summed E-state index contributed by atoms with van der Waals surface area (Å²) in [5.74, 6) is 0.562. The van der Waals surface area contributed by atoms with E-state index in [2.05, 4.69) is 4.98 Å². The minimum atomic E-state index is 0.0322. The van der Waals surface area contributed by atoms with Gasteiger partial charge in [0.2, 0.25) is 5.91 Å². The molecule has 1 amide bonds. The molecule has 0 spiro atoms. The summed E-state index contributed by atoms with van der Waals surface area (Å²) in [6.07, 6.45) is 0.943. The molecular formula is C14H14N2O3S. The highest BCUT2D eigenvalue weighted by Gasteiger charge is 2.21. The maximum absolute atomic E-state index is 12.0. The Morgan fingerprint density at radius 2 is 2.05 bits per heavy atom. The van der Waals surface area contributed by atoms with Crippen LogP contribution in [0.1, 0.15) is 12.8 Å². The van der Waals surface area contributed by atoms with Crippen molar-refractivity contribution in [3.05, 3.63) is 24.3 Å². The van der Waals surface area contributed by atoms with Crippen molar-refractivity contribution >= 4 is 34.6 Å². The van der Waals surface area contributed by atoms with Gasteiger partial charge in [-0.3, -0.25) is 9.59 Å². The van der Waals surface area contributed by atoms with Gasteiger partial charge in [-0.25, -0.2) is 4.98 Å². The molecule has 0 N–H and O–H groups in total. The van der Waals surface area contributed by atoms with Crippen LogP contribution in [-0.4, -0.2) is 40.4 Å². The molecule has 104 valence electrons. The zero-order valence-electron chi connectivity index (χ0n) is 10.9. The van der Waals surface area contributed by atoms with Crippen LogP contribution < -0.4 is 0 Å². The van der Waals surface area contributed by atoms with E-state index in [1.807, 2.05) is 24.3 Å². The van der Waals surface area contributed by atoms with Gasteiger partial charge in [0.15, 0.2) is 5.58 Å². The highest BCUT2D eigenvalue weighted by Crippen LogP contribution is 2.23. The molecule has 0 atom stereocenters. The number of piperidine rings is 1. The summed E-state index contributed by atoms with van der Waals surface area (Å²) in [6.45, 7) is 1.07. The lowest BCUT2D eigenvalue weighted by atomic mass is 10.1. The molecule has 6 heteroatoms. The molecule has 0 aliphatic carbocycles. The fourth-order valence-electron chi connectivity index (χ4n) is 2.13. The number of Topliss-reactive ketones (excluding diaryl/α,β-unsaturated/α-hetero) is 1. The van der Waals surface area contributed by atoms with Crippen LogP contribution in [0.15, 0.2) is 33.9 Å². The van der Waals surface area contributed by atoms with Gasteiger partial charge in [0.25, 0.3) is 5.22 Å². The van der Waals surface area contributed by atoms with E-state index >= 15 is 0 Å². The minimum absolute atomic E-state index is 0.0322. The lowest BCUT2D eigenvalue weighted by Crippen LogP contribution is -2.39. The summed E-state index contributed by atoms with van der Waals surface area (Å²) in [5, 5.41) is 0.507. The SMILES string of the molecule is O=C1CCN(C(=O)CSc2nc3ccccc3o2)CC1. The fourth-order valence-corrected chi connectivity index (χ4v) is 2.87. The number of thioether (sulfide) groups is 1. The summed E-state index contributed by atoms with van der Waals surface area (Å²) in [5.41, 5.74) is 1.53. The molecule has 20 heavy (non-hydrogen) atoms. The van der Waals surface area contributed by atoms with E-state index < -0.39 is 0 Å². The number of carbonyl (C=O) groups is 2. The molecule has 0 radical (unpaired) electrons. The van der Waals surface area contributed by atoms with Crippen LogP contribution in [0.4, 0.5) is 0 Å². The molecule has 1 aliphatic rings. The monoisotopic (exact) mass is 290 g/mol. The van der Waals surface area contributed by atoms with Crippen LogP contribution in [0, 0.1) is 0 Å². The molecule has 1 aromatic carbocycles. The van der Waals surface area contributed by atoms with Crippen molar-refractivity contribution in [3.63, 3.8) is 0 Å². The summed E-state index contributed by atoms with van der Waals surface area (Å²) in [6, 6.07) is 7.51. The van der Waals surface area contributed by atoms with Gasteiger partial charge in [-0.2, -0.15) is 0 Å². The van der Waals surface area contributed by atoms with E-state index in [9.17, 15) is 9.59 Å². The van der Waals surface area contributed by atoms with Gasteiger partial charge >= 0.3 is 0 Å². The number of likely N-dealkylation sites (tertiary alicyclic amines) is 1. The van der Waals surface area contributed by atoms with Gasteiger partial charge in [0.05, 0.1) is 5.75 Å². The molecule has 0 saturated carbocycles. The molecule has 2 aromatic rings. The van der Waals surface area contributed by atoms with Crippen molar-refractivity contribution in [3.8, 4) is 0 Å². The largest absolute Gasteiger partial charge is 0.431 e. The van der Waals surface area contributed by atoms with Gasteiger partial charge in [-0.15, -0.1) is 0 Å². The predicted octanol–water partition coefficient (Wildman–Crippen LogP) is 2.11. The molecule has 1 aromatic heterocycles. The first-order chi connectivity index (χ1) is 9.72. The predicted molar refractivity (Wildman–Crippen MR) is 75.6 cm³/mol. The third kappa shape index (κ3) is 2.85. The summed E-state index contributed by atoms with van der Waals surface area (Å²) in [4.78, 5) is 29.2. The van der Waals surface area contributed by atoms with Gasteiger partial charge in [0, 0.05) is 25.9 Å². The van der Waals surface area contributed by atoms with Crippen LogP contribution in [0.2, 0.25) is 0 Å². The zero-order chi connectivity index (χ0) is 13.9. The maximum Gasteiger partial charge on any atom is 0.257 e. The average Bonchev–Trinajstić information content (AvgIpc) is 2.88. The number of benzene rings is 1. The van der Waals surface area contributed by atoms with Crippen molar-refractivity contribution in [2.24, 2.45) is 0 Å². The number of carbonyl (C=O) groups excluding carboxylic acids is 2. The number of para-hydroxylation sites is 2. The first-order valence-electron chi connectivity index (χ1n) is 6.50. The number of amides is 1. The fraction of sp³-hybridized carbons (Fsp3) is 0.357. The molecule has 0 unspecified atom stereocenters. The van der Waals surface area contributed by atoms with E-state index in [0.29, 0.717) is 36.9 Å². The Morgan fingerprint density at radius 3 is 2.80 bits per heavy atom. The summed E-state index contributed by atoms with van der Waals surface area (Å²) >= 11 is 1.29. The van der Waals surface area contributed by atoms with Crippen molar-refractivity contribution in [1.29, 1.82) is 0 Å². The van der Waals surface area contributed by atoms with Crippen LogP contribution in [0.25, 0.3) is 11.1 Å². The van der Waals surface area contributed by atoms with E-state index in [1.165, 1.54) is 11.8 Å². The molecular weight excluding hydrogens is 276 g/mol. The van der Waals surface area contributed by atoms with Crippen LogP contribution in [-0.2, 0) is 9.59 Å². The number of nitrogens with zero attached hydrogens (tertiary/aromatic N) is 2. The van der Waals surface area contributed by atoms with Crippen LogP contribution >= 0.6 is 11.8 Å². The van der Waals surface area contributed by atoms with Crippen LogP contribution in [0.5, 0.6) is 0 Å². The molecule has 1 fully saturated rings. The molecule has 1 saturated heterocycles. The summed E-state index contributed by atoms with van der Waals surface area (Å²) < 4.78 is 5.55. The second kappa shape index (κ2) is 5.66. The van der Waals surface area contributed by atoms with Crippen molar-refractivity contribution in [1.82, 2.24) is 9.88 Å². The molecule has 1 aliphatic heterocycles. The molecule has 3 rings (SSSR count). The Bertz CT molecular complexity index is 610. The number of rotatable bonds is 3. The standard InChI is InChI=1S/C14H14N2O3S/c17-10-5-7-16(8-6-10)13(18)9-20-14-15-11-3-1-2-4-12(11)19-14/h1-4H,5-9H2. The van der Waals surface area contributed by atoms with Gasteiger partial charge < -0.3 is 9.32 Å². The molecule has 0 bridgehead atoms. The smallest absolute Gasteiger partial charge is 0.257 e. The molecule has 2 heterocycles. The van der Waals surface area contributed by atoms with Gasteiger partial charge in [0.1, 0.15) is 11.3 Å². The number of ketones is 1. The van der Waals surface area contributed by atoms with Gasteiger partial charge in [-0.05, 0) is 12.1 Å². The van der Waals surface area contributed by atoms with Crippen molar-refractivity contribution < 1.29 is 14.0 Å². The Labute approximate surface area is 120 Å². The maximum atomic E-state index is 12.0. The average molecular weight is 290 g/mol. The Hall–Kier alpha value is -1.82. The highest BCUT2D eigenvalue weighted by molar-refractivity contribution is 7.99. The Kier molecular flexibility index (Phi) is 3.73. The molecule has 5 nitrogen and oxygen atoms in total. The number of aromatic nitrogens is 1. The minimum Gasteiger partial charge on any atom is -0.431 e. The summed E-state index contributed by atoms with van der Waals surface area (Å²) in [7, 11) is 0. The second-order valence-corrected chi connectivity index (χ2v) is 5.58. The first-order valence-corrected chi connectivity index (χ1v) is 7.49. The second-order valence-electron chi connectivity index (χ2n) is 4.66. The Morgan fingerprint density at radius 1 is 1.30 bits per heavy atom. The van der Waals surface area contributed by atoms with E-state index in [4.69, 9.17) is 4.42 Å². The van der Waals surface area contributed by atoms with E-state index in [-0.39, 0.29) is 11.7 Å². The van der Waals surface area contributed by atoms with Crippen molar-refractivity contribution in [2.45, 2.75) is 18.1 Å². The third-order valence-corrected chi connectivity index (χ3v) is 4.08. The Balaban J connectivity index is 1.58. The van der Waals surface area contributed by atoms with Gasteiger partial charge in [-0.1, -0.05) is 23.9 Å². The number of hydrogen-bond acceptors (Lipinski definition) is 5. The van der Waals surface area contributed by atoms with Crippen LogP contribution in [0.3, 0.4) is 0 Å². The van der Waals surface area contributed by atoms with E-state index in [1.54, 1.807) is 4.90 Å². The number of fused-ring (bicyclic) bond motifs is 1. The van der Waals surface area contributed by atoms with Crippen molar-refractivity contribution in [2.75, 3.05) is 18.8 Å². The first kappa shape index (κ1) is 13.2. The lowest BCUT2D eigenvalue weighted by Gasteiger charge is -2.25. The third-order valence-electron chi connectivity index (χ3n) is 3.27. The quantitative estimate of drug-likeness (QED) is 0.810. The topological polar surface area (TPSA) is 63.4 Å². The number of oxazole rings is 1. The normalized spacial score (nSPS) is 15.8. The number of hydrogen-bond donors (Lipinski definition) is 0. The lowest BCUT2D eigenvalue weighted by molar-refractivity contribution is -0.132. The highest BCUT2D eigenvalue weighted by atomic mass is 32.2.